The van der Waals surface area contributed by atoms with E-state index in [1.165, 1.54) is 11.1 Å². The van der Waals surface area contributed by atoms with Gasteiger partial charge >= 0.3 is 0 Å². The highest BCUT2D eigenvalue weighted by Crippen LogP contribution is 2.36. The lowest BCUT2D eigenvalue weighted by Crippen LogP contribution is -2.53. The minimum Gasteiger partial charge on any atom is -0.321 e. The van der Waals surface area contributed by atoms with Gasteiger partial charge in [0.25, 0.3) is 5.91 Å². The largest absolute Gasteiger partial charge is 0.321 e. The molecule has 3 aliphatic heterocycles. The summed E-state index contributed by atoms with van der Waals surface area (Å²) in [6.07, 6.45) is 10.9. The van der Waals surface area contributed by atoms with Crippen molar-refractivity contribution >= 4 is 23.5 Å². The molecule has 0 spiro atoms. The predicted octanol–water partition coefficient (Wildman–Crippen LogP) is 6.85. The van der Waals surface area contributed by atoms with E-state index < -0.39 is 0 Å². The maximum atomic E-state index is 13.5. The highest BCUT2D eigenvalue weighted by Gasteiger charge is 2.30. The average Bonchev–Trinajstić information content (AvgIpc) is 3.52. The van der Waals surface area contributed by atoms with Gasteiger partial charge in [0.1, 0.15) is 0 Å². The fraction of sp³-hybridized carbons (Fsp3) is 0.639. The number of pyridine rings is 1. The number of amides is 1. The minimum atomic E-state index is -0.0975. The molecule has 4 aliphatic rings. The standard InChI is InChI=1S/C36H54N8O/c1-23(2)27(7)33-16-25(5)15-29(10-9-26(33)6)36(45)39-31-18-35(28(8)38-20-31)44-22-34(40-41-44)30-17-32(21-37-19-30)43-13-11-42(12-14-43)24(3)4/h10,15,18,20-21,23-24,26-27,32-33H,9,11-14,16-17,19,22H2,1-8H3,(H,39,45)/b25-15?,29-10?,34-30-. The summed E-state index contributed by atoms with van der Waals surface area (Å²) < 4.78 is 0. The number of piperazine rings is 1. The molecule has 1 aliphatic carbocycles. The molecule has 0 aromatic carbocycles. The van der Waals surface area contributed by atoms with Gasteiger partial charge in [-0.05, 0) is 82.3 Å². The van der Waals surface area contributed by atoms with Crippen LogP contribution in [0, 0.1) is 30.6 Å². The van der Waals surface area contributed by atoms with Crippen LogP contribution in [-0.2, 0) is 4.79 Å². The maximum absolute atomic E-state index is 13.5. The van der Waals surface area contributed by atoms with Crippen molar-refractivity contribution in [2.24, 2.45) is 39.0 Å². The van der Waals surface area contributed by atoms with Gasteiger partial charge in [0.15, 0.2) is 0 Å². The molecule has 1 saturated heterocycles. The van der Waals surface area contributed by atoms with Gasteiger partial charge in [-0.2, -0.15) is 0 Å². The Morgan fingerprint density at radius 1 is 1.04 bits per heavy atom. The number of aryl methyl sites for hydroxylation is 1. The molecule has 9 heteroatoms. The first-order chi connectivity index (χ1) is 21.5. The molecule has 5 rings (SSSR count). The summed E-state index contributed by atoms with van der Waals surface area (Å²) in [4.78, 5) is 27.9. The number of carbonyl (C=O) groups is 1. The summed E-state index contributed by atoms with van der Waals surface area (Å²) in [6.45, 7) is 23.6. The number of anilines is 2. The summed E-state index contributed by atoms with van der Waals surface area (Å²) in [5, 5.41) is 14.1. The van der Waals surface area contributed by atoms with E-state index >= 15 is 0 Å². The third kappa shape index (κ3) is 7.98. The molecular weight excluding hydrogens is 560 g/mol. The van der Waals surface area contributed by atoms with Crippen molar-refractivity contribution in [1.82, 2.24) is 14.8 Å². The molecule has 0 bridgehead atoms. The van der Waals surface area contributed by atoms with Crippen LogP contribution in [0.15, 0.2) is 62.2 Å². The van der Waals surface area contributed by atoms with E-state index in [-0.39, 0.29) is 5.91 Å². The fourth-order valence-electron chi connectivity index (χ4n) is 7.16. The molecule has 4 unspecified atom stereocenters. The number of hydrogen-bond donors (Lipinski definition) is 1. The lowest BCUT2D eigenvalue weighted by atomic mass is 9.72. The molecule has 4 atom stereocenters. The van der Waals surface area contributed by atoms with E-state index in [4.69, 9.17) is 4.99 Å². The number of hydrogen-bond acceptors (Lipinski definition) is 8. The second-order valence-electron chi connectivity index (χ2n) is 14.3. The van der Waals surface area contributed by atoms with Gasteiger partial charge in [-0.25, -0.2) is 5.01 Å². The van der Waals surface area contributed by atoms with Crippen LogP contribution in [0.5, 0.6) is 0 Å². The fourth-order valence-corrected chi connectivity index (χ4v) is 7.16. The molecule has 9 nitrogen and oxygen atoms in total. The third-order valence-electron chi connectivity index (χ3n) is 10.5. The normalized spacial score (nSPS) is 27.4. The summed E-state index contributed by atoms with van der Waals surface area (Å²) in [5.41, 5.74) is 6.59. The van der Waals surface area contributed by atoms with E-state index in [1.54, 1.807) is 6.20 Å². The second kappa shape index (κ2) is 14.5. The summed E-state index contributed by atoms with van der Waals surface area (Å²) >= 11 is 0. The number of allylic oxidation sites excluding steroid dienone is 2. The monoisotopic (exact) mass is 614 g/mol. The highest BCUT2D eigenvalue weighted by molar-refractivity contribution is 6.06. The van der Waals surface area contributed by atoms with Crippen LogP contribution < -0.4 is 10.3 Å². The van der Waals surface area contributed by atoms with Gasteiger partial charge in [-0.15, -0.1) is 5.11 Å². The zero-order chi connectivity index (χ0) is 32.2. The van der Waals surface area contributed by atoms with Crippen molar-refractivity contribution < 1.29 is 4.79 Å². The lowest BCUT2D eigenvalue weighted by Gasteiger charge is -2.40. The van der Waals surface area contributed by atoms with Gasteiger partial charge in [0.2, 0.25) is 0 Å². The van der Waals surface area contributed by atoms with Crippen LogP contribution in [-0.4, -0.2) is 78.3 Å². The Hall–Kier alpha value is -3.17. The van der Waals surface area contributed by atoms with E-state index in [1.807, 2.05) is 18.0 Å². The number of rotatable bonds is 7. The lowest BCUT2D eigenvalue weighted by molar-refractivity contribution is -0.112. The Kier molecular flexibility index (Phi) is 10.7. The van der Waals surface area contributed by atoms with Gasteiger partial charge in [0, 0.05) is 50.1 Å². The minimum absolute atomic E-state index is 0.0975. The Morgan fingerprint density at radius 3 is 2.51 bits per heavy atom. The first-order valence-electron chi connectivity index (χ1n) is 17.0. The Morgan fingerprint density at radius 2 is 1.80 bits per heavy atom. The van der Waals surface area contributed by atoms with Crippen LogP contribution in [0.2, 0.25) is 0 Å². The number of carbonyl (C=O) groups excluding carboxylic acids is 1. The van der Waals surface area contributed by atoms with Crippen molar-refractivity contribution in [3.8, 4) is 0 Å². The van der Waals surface area contributed by atoms with Gasteiger partial charge < -0.3 is 5.32 Å². The van der Waals surface area contributed by atoms with Gasteiger partial charge in [0.05, 0.1) is 42.1 Å². The molecule has 45 heavy (non-hydrogen) atoms. The van der Waals surface area contributed by atoms with E-state index in [9.17, 15) is 4.79 Å². The van der Waals surface area contributed by atoms with Crippen LogP contribution in [0.25, 0.3) is 0 Å². The molecule has 1 fully saturated rings. The predicted molar refractivity (Wildman–Crippen MR) is 185 cm³/mol. The van der Waals surface area contributed by atoms with Crippen LogP contribution >= 0.6 is 0 Å². The molecule has 1 amide bonds. The summed E-state index contributed by atoms with van der Waals surface area (Å²) in [6, 6.07) is 2.87. The van der Waals surface area contributed by atoms with Crippen LogP contribution in [0.3, 0.4) is 0 Å². The Bertz CT molecular complexity index is 1380. The smallest absolute Gasteiger partial charge is 0.255 e. The van der Waals surface area contributed by atoms with E-state index in [0.717, 1.165) is 68.1 Å². The number of nitrogens with zero attached hydrogens (tertiary/aromatic N) is 7. The number of aromatic nitrogens is 1. The van der Waals surface area contributed by atoms with Crippen molar-refractivity contribution in [2.75, 3.05) is 49.6 Å². The van der Waals surface area contributed by atoms with E-state index in [0.29, 0.717) is 54.5 Å². The third-order valence-corrected chi connectivity index (χ3v) is 10.5. The summed E-state index contributed by atoms with van der Waals surface area (Å²) in [5.74, 6) is 2.32. The Balaban J connectivity index is 1.23. The molecule has 0 radical (unpaired) electrons. The highest BCUT2D eigenvalue weighted by atomic mass is 16.1. The van der Waals surface area contributed by atoms with Crippen molar-refractivity contribution in [1.29, 1.82) is 0 Å². The Labute approximate surface area is 270 Å². The quantitative estimate of drug-likeness (QED) is 0.363. The first-order valence-corrected chi connectivity index (χ1v) is 17.0. The topological polar surface area (TPSA) is 88.8 Å². The van der Waals surface area contributed by atoms with Crippen LogP contribution in [0.1, 0.15) is 73.4 Å². The van der Waals surface area contributed by atoms with Crippen LogP contribution in [0.4, 0.5) is 11.4 Å². The van der Waals surface area contributed by atoms with Crippen molar-refractivity contribution in [3.63, 3.8) is 0 Å². The maximum Gasteiger partial charge on any atom is 0.255 e. The second-order valence-corrected chi connectivity index (χ2v) is 14.3. The number of nitrogens with one attached hydrogen (secondary N) is 1. The van der Waals surface area contributed by atoms with Crippen molar-refractivity contribution in [2.45, 2.75) is 86.7 Å². The molecular formula is C36H54N8O. The molecule has 1 aromatic rings. The SMILES string of the molecule is CC1=CC(C(=O)Nc2cnc(C)c(N3C/C(=C4/CN=CC(N5CCN(C(C)C)CC5)C4)N=N3)c2)=CCC(C)C(C(C)C(C)C)C1. The average molecular weight is 615 g/mol. The molecule has 244 valence electrons. The molecule has 1 aromatic heterocycles. The van der Waals surface area contributed by atoms with E-state index in [2.05, 4.69) is 97.3 Å². The van der Waals surface area contributed by atoms with Crippen molar-refractivity contribution in [3.05, 3.63) is 52.5 Å². The van der Waals surface area contributed by atoms with Gasteiger partial charge in [-0.3, -0.25) is 24.6 Å². The zero-order valence-electron chi connectivity index (χ0n) is 28.8. The first kappa shape index (κ1) is 33.2. The molecule has 0 saturated carbocycles. The number of aliphatic imine (C=N–C) groups is 1. The zero-order valence-corrected chi connectivity index (χ0v) is 28.8. The van der Waals surface area contributed by atoms with Gasteiger partial charge in [-0.1, -0.05) is 50.6 Å². The molecule has 4 heterocycles. The molecule has 1 N–H and O–H groups in total. The summed E-state index contributed by atoms with van der Waals surface area (Å²) in [7, 11) is 0.